The molecule has 2 aromatic rings. The smallest absolute Gasteiger partial charge is 0.263 e. The molecule has 4 rings (SSSR count). The van der Waals surface area contributed by atoms with Gasteiger partial charge in [0.15, 0.2) is 27.5 Å². The molecule has 0 saturated carbocycles. The zero-order chi connectivity index (χ0) is 23.8. The third kappa shape index (κ3) is 5.46. The number of halogens is 1. The fraction of sp³-hybridized carbons (Fsp3) is 0.591. The average Bonchev–Trinajstić information content (AvgIpc) is 3.35. The van der Waals surface area contributed by atoms with Gasteiger partial charge in [-0.2, -0.15) is 4.37 Å². The highest BCUT2D eigenvalue weighted by molar-refractivity contribution is 7.90. The van der Waals surface area contributed by atoms with E-state index in [1.807, 2.05) is 4.90 Å². The van der Waals surface area contributed by atoms with Crippen LogP contribution in [0.25, 0.3) is 0 Å². The molecular weight excluding hydrogens is 467 g/mol. The van der Waals surface area contributed by atoms with Gasteiger partial charge in [-0.15, -0.1) is 0 Å². The van der Waals surface area contributed by atoms with E-state index in [1.165, 1.54) is 23.7 Å². The van der Waals surface area contributed by atoms with Gasteiger partial charge in [0.1, 0.15) is 5.82 Å². The highest BCUT2D eigenvalue weighted by Gasteiger charge is 2.39. The fourth-order valence-corrected chi connectivity index (χ4v) is 5.68. The Kier molecular flexibility index (Phi) is 6.90. The molecule has 2 saturated heterocycles. The van der Waals surface area contributed by atoms with Crippen LogP contribution in [0, 0.1) is 11.7 Å². The molecule has 33 heavy (non-hydrogen) atoms. The van der Waals surface area contributed by atoms with E-state index < -0.39 is 21.8 Å². The fourth-order valence-electron chi connectivity index (χ4n) is 4.30. The van der Waals surface area contributed by atoms with Gasteiger partial charge in [-0.25, -0.2) is 17.8 Å². The average molecular weight is 497 g/mol. The van der Waals surface area contributed by atoms with Gasteiger partial charge in [0.05, 0.1) is 4.90 Å². The summed E-state index contributed by atoms with van der Waals surface area (Å²) in [6.45, 7) is 6.47. The van der Waals surface area contributed by atoms with E-state index in [4.69, 9.17) is 4.74 Å². The summed E-state index contributed by atoms with van der Waals surface area (Å²) in [6, 6.07) is 3.61. The van der Waals surface area contributed by atoms with E-state index in [0.29, 0.717) is 18.9 Å². The third-order valence-electron chi connectivity index (χ3n) is 6.02. The van der Waals surface area contributed by atoms with Crippen LogP contribution < -0.4 is 9.64 Å². The maximum atomic E-state index is 14.4. The van der Waals surface area contributed by atoms with E-state index in [2.05, 4.69) is 28.1 Å². The van der Waals surface area contributed by atoms with Crippen LogP contribution in [0.5, 0.6) is 5.75 Å². The summed E-state index contributed by atoms with van der Waals surface area (Å²) < 4.78 is 47.6. The van der Waals surface area contributed by atoms with Crippen molar-refractivity contribution in [3.05, 3.63) is 29.8 Å². The van der Waals surface area contributed by atoms with E-state index >= 15 is 0 Å². The number of carbonyl (C=O) groups is 1. The number of rotatable bonds is 7. The van der Waals surface area contributed by atoms with E-state index in [1.54, 1.807) is 0 Å². The maximum Gasteiger partial charge on any atom is 0.263 e. The Hall–Kier alpha value is -2.27. The summed E-state index contributed by atoms with van der Waals surface area (Å²) in [5.74, 6) is 0.367. The van der Waals surface area contributed by atoms with Gasteiger partial charge in [-0.05, 0) is 37.0 Å². The molecule has 2 aliphatic rings. The molecule has 0 bridgehead atoms. The van der Waals surface area contributed by atoms with Crippen molar-refractivity contribution in [1.29, 1.82) is 0 Å². The molecule has 8 nitrogen and oxygen atoms in total. The Morgan fingerprint density at radius 2 is 1.94 bits per heavy atom. The lowest BCUT2D eigenvalue weighted by Crippen LogP contribution is -2.47. The first-order chi connectivity index (χ1) is 15.6. The number of hydrogen-bond donors (Lipinski definition) is 0. The van der Waals surface area contributed by atoms with Gasteiger partial charge in [0.2, 0.25) is 5.13 Å². The topological polar surface area (TPSA) is 92.7 Å². The zero-order valence-electron chi connectivity index (χ0n) is 19.0. The van der Waals surface area contributed by atoms with Crippen molar-refractivity contribution in [3.8, 4) is 5.75 Å². The number of anilines is 1. The zero-order valence-corrected chi connectivity index (χ0v) is 20.7. The summed E-state index contributed by atoms with van der Waals surface area (Å²) >= 11 is 1.43. The van der Waals surface area contributed by atoms with Crippen molar-refractivity contribution in [1.82, 2.24) is 14.3 Å². The highest BCUT2D eigenvalue weighted by atomic mass is 32.2. The number of sulfone groups is 1. The van der Waals surface area contributed by atoms with Gasteiger partial charge in [0, 0.05) is 56.3 Å². The first-order valence-corrected chi connectivity index (χ1v) is 13.8. The van der Waals surface area contributed by atoms with Crippen LogP contribution in [0.3, 0.4) is 0 Å². The molecule has 0 aliphatic carbocycles. The van der Waals surface area contributed by atoms with Crippen molar-refractivity contribution >= 4 is 32.4 Å². The molecule has 0 spiro atoms. The number of carbonyl (C=O) groups excluding carboxylic acids is 1. The first-order valence-electron chi connectivity index (χ1n) is 11.2. The highest BCUT2D eigenvalue weighted by Crippen LogP contribution is 2.29. The summed E-state index contributed by atoms with van der Waals surface area (Å²) in [5.41, 5.74) is 0. The van der Waals surface area contributed by atoms with Gasteiger partial charge < -0.3 is 14.5 Å². The maximum absolute atomic E-state index is 14.4. The van der Waals surface area contributed by atoms with E-state index in [0.717, 1.165) is 55.6 Å². The molecule has 0 N–H and O–H groups in total. The number of amides is 1. The number of likely N-dealkylation sites (tertiary alicyclic amines) is 1. The van der Waals surface area contributed by atoms with Crippen LogP contribution in [-0.4, -0.2) is 66.6 Å². The van der Waals surface area contributed by atoms with E-state index in [-0.39, 0.29) is 22.6 Å². The number of piperidine rings is 1. The second kappa shape index (κ2) is 9.54. The molecule has 1 amide bonds. The van der Waals surface area contributed by atoms with Gasteiger partial charge in [-0.1, -0.05) is 13.8 Å². The summed E-state index contributed by atoms with van der Waals surface area (Å²) in [4.78, 5) is 21.6. The van der Waals surface area contributed by atoms with Crippen LogP contribution >= 0.6 is 11.5 Å². The second-order valence-corrected chi connectivity index (χ2v) is 11.8. The van der Waals surface area contributed by atoms with Crippen molar-refractivity contribution < 1.29 is 22.3 Å². The second-order valence-electron chi connectivity index (χ2n) is 9.10. The van der Waals surface area contributed by atoms with Gasteiger partial charge >= 0.3 is 0 Å². The molecule has 3 heterocycles. The van der Waals surface area contributed by atoms with Crippen LogP contribution in [0.15, 0.2) is 23.1 Å². The predicted molar refractivity (Wildman–Crippen MR) is 124 cm³/mol. The largest absolute Gasteiger partial charge is 0.477 e. The van der Waals surface area contributed by atoms with Crippen molar-refractivity contribution in [2.45, 2.75) is 56.6 Å². The lowest BCUT2D eigenvalue weighted by molar-refractivity contribution is -0.135. The predicted octanol–water partition coefficient (Wildman–Crippen LogP) is 2.93. The van der Waals surface area contributed by atoms with E-state index in [9.17, 15) is 17.6 Å². The quantitative estimate of drug-likeness (QED) is 0.582. The summed E-state index contributed by atoms with van der Waals surface area (Å²) in [5, 5.41) is 0.936. The first kappa shape index (κ1) is 23.9. The summed E-state index contributed by atoms with van der Waals surface area (Å²) in [6.07, 6.45) is 3.25. The number of aromatic nitrogens is 2. The minimum atomic E-state index is -3.51. The Morgan fingerprint density at radius 3 is 2.58 bits per heavy atom. The molecule has 2 aliphatic heterocycles. The molecule has 1 atom stereocenters. The summed E-state index contributed by atoms with van der Waals surface area (Å²) in [7, 11) is -3.51. The SMILES string of the molecule is CC(C)Cc1nsc(N2CCC(N3CCC(Oc4ccc(S(C)(=O)=O)cc4F)C3=O)CC2)n1. The van der Waals surface area contributed by atoms with Gasteiger partial charge in [0.25, 0.3) is 5.91 Å². The Bertz CT molecular complexity index is 1110. The molecule has 0 radical (unpaired) electrons. The molecule has 1 aromatic heterocycles. The molecular formula is C22H29FN4O4S2. The monoisotopic (exact) mass is 496 g/mol. The number of benzene rings is 1. The Labute approximate surface area is 197 Å². The number of hydrogen-bond acceptors (Lipinski definition) is 8. The minimum Gasteiger partial charge on any atom is -0.477 e. The molecule has 1 aromatic carbocycles. The molecule has 2 fully saturated rings. The minimum absolute atomic E-state index is 0.106. The van der Waals surface area contributed by atoms with Crippen molar-refractivity contribution in [2.24, 2.45) is 5.92 Å². The third-order valence-corrected chi connectivity index (χ3v) is 7.94. The molecule has 11 heteroatoms. The normalized spacial score (nSPS) is 20.2. The molecule has 180 valence electrons. The number of nitrogens with zero attached hydrogens (tertiary/aromatic N) is 4. The van der Waals surface area contributed by atoms with Crippen LogP contribution in [0.4, 0.5) is 9.52 Å². The lowest BCUT2D eigenvalue weighted by Gasteiger charge is -2.36. The standard InChI is InChI=1S/C22H29FN4O4S2/c1-14(2)12-20-24-22(32-25-20)26-9-6-15(7-10-26)27-11-8-19(21(27)28)31-18-5-4-16(13-17(18)23)33(3,29)30/h4-5,13-15,19H,6-12H2,1-3H3. The lowest BCUT2D eigenvalue weighted by atomic mass is 10.0. The Morgan fingerprint density at radius 1 is 1.21 bits per heavy atom. The van der Waals surface area contributed by atoms with Crippen molar-refractivity contribution in [2.75, 3.05) is 30.8 Å². The van der Waals surface area contributed by atoms with Crippen LogP contribution in [-0.2, 0) is 21.1 Å². The van der Waals surface area contributed by atoms with Crippen LogP contribution in [0.1, 0.15) is 38.9 Å². The number of ether oxygens (including phenoxy) is 1. The van der Waals surface area contributed by atoms with Gasteiger partial charge in [-0.3, -0.25) is 4.79 Å². The van der Waals surface area contributed by atoms with Crippen molar-refractivity contribution in [3.63, 3.8) is 0 Å². The molecule has 1 unspecified atom stereocenters. The van der Waals surface area contributed by atoms with Crippen LogP contribution in [0.2, 0.25) is 0 Å². The Balaban J connectivity index is 1.33.